The summed E-state index contributed by atoms with van der Waals surface area (Å²) in [6, 6.07) is 9.24. The van der Waals surface area contributed by atoms with Crippen LogP contribution in [-0.2, 0) is 32.1 Å². The predicted octanol–water partition coefficient (Wildman–Crippen LogP) is 8.85. The lowest BCUT2D eigenvalue weighted by atomic mass is 9.80. The van der Waals surface area contributed by atoms with Crippen molar-refractivity contribution in [2.24, 2.45) is 0 Å². The Morgan fingerprint density at radius 1 is 0.632 bits per heavy atom. The number of rotatable bonds is 3. The van der Waals surface area contributed by atoms with E-state index in [0.717, 1.165) is 30.8 Å². The van der Waals surface area contributed by atoms with Crippen LogP contribution in [-0.4, -0.2) is 13.2 Å². The van der Waals surface area contributed by atoms with Gasteiger partial charge in [0.25, 0.3) is 0 Å². The molecule has 0 bridgehead atoms. The van der Waals surface area contributed by atoms with E-state index in [0.29, 0.717) is 13.2 Å². The van der Waals surface area contributed by atoms with E-state index in [2.05, 4.69) is 58.9 Å². The van der Waals surface area contributed by atoms with Gasteiger partial charge in [-0.2, -0.15) is 0 Å². The third-order valence-corrected chi connectivity index (χ3v) is 9.87. The number of fused-ring (bicyclic) bond motifs is 7. The van der Waals surface area contributed by atoms with Crippen molar-refractivity contribution in [3.8, 4) is 22.6 Å². The molecule has 0 fully saturated rings. The molecule has 0 aromatic heterocycles. The second-order valence-electron chi connectivity index (χ2n) is 12.0. The molecule has 6 rings (SSSR count). The van der Waals surface area contributed by atoms with E-state index in [1.54, 1.807) is 0 Å². The van der Waals surface area contributed by atoms with Crippen LogP contribution < -0.4 is 9.47 Å². The van der Waals surface area contributed by atoms with Gasteiger partial charge in [-0.25, -0.2) is 0 Å². The first-order chi connectivity index (χ1) is 18.5. The summed E-state index contributed by atoms with van der Waals surface area (Å²) in [4.78, 5) is 0. The molecule has 0 amide bonds. The van der Waals surface area contributed by atoms with Crippen LogP contribution in [0.5, 0.6) is 11.5 Å². The molecule has 1 heterocycles. The van der Waals surface area contributed by atoms with E-state index in [1.165, 1.54) is 112 Å². The molecule has 0 unspecified atom stereocenters. The smallest absolute Gasteiger partial charge is 0.127 e. The van der Waals surface area contributed by atoms with Gasteiger partial charge in [0.2, 0.25) is 0 Å². The van der Waals surface area contributed by atoms with E-state index in [4.69, 9.17) is 9.47 Å². The lowest BCUT2D eigenvalue weighted by Gasteiger charge is -2.27. The zero-order valence-corrected chi connectivity index (χ0v) is 24.2. The van der Waals surface area contributed by atoms with Crippen molar-refractivity contribution in [2.75, 3.05) is 13.2 Å². The first-order valence-electron chi connectivity index (χ1n) is 15.1. The molecule has 3 aliphatic rings. The van der Waals surface area contributed by atoms with Crippen LogP contribution >= 0.6 is 0 Å². The van der Waals surface area contributed by atoms with Gasteiger partial charge in [0.1, 0.15) is 11.5 Å². The summed E-state index contributed by atoms with van der Waals surface area (Å²) >= 11 is 0. The van der Waals surface area contributed by atoms with Gasteiger partial charge in [0, 0.05) is 11.1 Å². The van der Waals surface area contributed by atoms with Crippen LogP contribution in [0.3, 0.4) is 0 Å². The van der Waals surface area contributed by atoms with Crippen LogP contribution in [0.25, 0.3) is 11.1 Å². The Morgan fingerprint density at radius 3 is 1.58 bits per heavy atom. The summed E-state index contributed by atoms with van der Waals surface area (Å²) in [5.41, 5.74) is 17.4. The van der Waals surface area contributed by atoms with Crippen molar-refractivity contribution in [3.63, 3.8) is 0 Å². The fraction of sp³-hybridized carbons (Fsp3) is 0.500. The van der Waals surface area contributed by atoms with E-state index in [-0.39, 0.29) is 5.92 Å². The summed E-state index contributed by atoms with van der Waals surface area (Å²) in [6.07, 6.45) is 12.1. The Labute approximate surface area is 229 Å². The highest BCUT2D eigenvalue weighted by Crippen LogP contribution is 2.48. The molecule has 1 aliphatic heterocycles. The molecule has 2 aliphatic carbocycles. The fourth-order valence-electron chi connectivity index (χ4n) is 7.65. The van der Waals surface area contributed by atoms with Crippen molar-refractivity contribution in [2.45, 2.75) is 105 Å². The van der Waals surface area contributed by atoms with Gasteiger partial charge in [0.15, 0.2) is 0 Å². The van der Waals surface area contributed by atoms with Gasteiger partial charge in [-0.05, 0) is 153 Å². The number of hydrogen-bond acceptors (Lipinski definition) is 2. The maximum absolute atomic E-state index is 6.88. The average Bonchev–Trinajstić information content (AvgIpc) is 3.02. The Kier molecular flexibility index (Phi) is 7.01. The quantitative estimate of drug-likeness (QED) is 0.352. The molecule has 0 saturated carbocycles. The van der Waals surface area contributed by atoms with Crippen LogP contribution in [0.4, 0.5) is 0 Å². The fourth-order valence-corrected chi connectivity index (χ4v) is 7.65. The van der Waals surface area contributed by atoms with Gasteiger partial charge in [-0.1, -0.05) is 25.5 Å². The Hall–Kier alpha value is -2.74. The highest BCUT2D eigenvalue weighted by atomic mass is 16.5. The second kappa shape index (κ2) is 10.4. The second-order valence-corrected chi connectivity index (χ2v) is 12.0. The van der Waals surface area contributed by atoms with Crippen molar-refractivity contribution in [3.05, 3.63) is 79.9 Å². The Balaban J connectivity index is 1.51. The van der Waals surface area contributed by atoms with Crippen molar-refractivity contribution >= 4 is 0 Å². The topological polar surface area (TPSA) is 18.5 Å². The lowest BCUT2D eigenvalue weighted by molar-refractivity contribution is 0.222. The van der Waals surface area contributed by atoms with Gasteiger partial charge in [0.05, 0.1) is 19.1 Å². The molecule has 0 radical (unpaired) electrons. The van der Waals surface area contributed by atoms with Crippen LogP contribution in [0, 0.1) is 27.7 Å². The highest BCUT2D eigenvalue weighted by Gasteiger charge is 2.30. The number of ether oxygens (including phenoxy) is 2. The van der Waals surface area contributed by atoms with E-state index >= 15 is 0 Å². The van der Waals surface area contributed by atoms with E-state index in [9.17, 15) is 0 Å². The highest BCUT2D eigenvalue weighted by molar-refractivity contribution is 5.84. The van der Waals surface area contributed by atoms with Crippen molar-refractivity contribution in [1.29, 1.82) is 0 Å². The maximum Gasteiger partial charge on any atom is 0.127 e. The molecule has 200 valence electrons. The summed E-state index contributed by atoms with van der Waals surface area (Å²) in [7, 11) is 0. The number of hydrogen-bond donors (Lipinski definition) is 0. The molecule has 2 nitrogen and oxygen atoms in total. The normalized spacial score (nSPS) is 17.1. The molecule has 2 heteroatoms. The third-order valence-electron chi connectivity index (χ3n) is 9.87. The first kappa shape index (κ1) is 25.5. The summed E-state index contributed by atoms with van der Waals surface area (Å²) in [6.45, 7) is 12.8. The number of aryl methyl sites for hydroxylation is 2. The molecule has 0 N–H and O–H groups in total. The average molecular weight is 509 g/mol. The molecule has 38 heavy (non-hydrogen) atoms. The van der Waals surface area contributed by atoms with Gasteiger partial charge < -0.3 is 9.47 Å². The minimum absolute atomic E-state index is 0.189. The van der Waals surface area contributed by atoms with Crippen LogP contribution in [0.1, 0.15) is 101 Å². The Morgan fingerprint density at radius 2 is 1.11 bits per heavy atom. The molecule has 3 aromatic rings. The lowest BCUT2D eigenvalue weighted by Crippen LogP contribution is -2.21. The first-order valence-corrected chi connectivity index (χ1v) is 15.1. The van der Waals surface area contributed by atoms with Gasteiger partial charge >= 0.3 is 0 Å². The third kappa shape index (κ3) is 4.25. The van der Waals surface area contributed by atoms with Gasteiger partial charge in [-0.3, -0.25) is 0 Å². The van der Waals surface area contributed by atoms with Crippen molar-refractivity contribution in [1.82, 2.24) is 0 Å². The largest absolute Gasteiger partial charge is 0.492 e. The molecular weight excluding hydrogens is 464 g/mol. The standard InChI is InChI=1S/C36H44O2/c1-6-11-29-22(2)24(4)34(25(5)23(29)3)28-20-37-32-18-16-26-12-7-9-14-30(26)35(32)36-31-15-10-8-13-27(31)17-19-33(36)38-21-28/h16-19,28H,6-15,20-21H2,1-5H3. The van der Waals surface area contributed by atoms with Crippen LogP contribution in [0.15, 0.2) is 24.3 Å². The minimum Gasteiger partial charge on any atom is -0.492 e. The zero-order valence-electron chi connectivity index (χ0n) is 24.2. The molecule has 0 saturated heterocycles. The Bertz CT molecular complexity index is 1280. The monoisotopic (exact) mass is 508 g/mol. The molecular formula is C36H44O2. The summed E-state index contributed by atoms with van der Waals surface area (Å²) < 4.78 is 13.8. The molecule has 3 aromatic carbocycles. The van der Waals surface area contributed by atoms with Gasteiger partial charge in [-0.15, -0.1) is 0 Å². The summed E-state index contributed by atoms with van der Waals surface area (Å²) in [5.74, 6) is 2.31. The molecule has 0 atom stereocenters. The van der Waals surface area contributed by atoms with E-state index in [1.807, 2.05) is 0 Å². The minimum atomic E-state index is 0.189. The maximum atomic E-state index is 6.88. The van der Waals surface area contributed by atoms with E-state index < -0.39 is 0 Å². The summed E-state index contributed by atoms with van der Waals surface area (Å²) in [5, 5.41) is 0. The SMILES string of the molecule is CCCc1c(C)c(C)c(C2COc3ccc4c(c3-c3c(ccc5c3CCCC5)OC2)CCCC4)c(C)c1C. The van der Waals surface area contributed by atoms with Crippen LogP contribution in [0.2, 0.25) is 0 Å². The molecule has 0 spiro atoms. The van der Waals surface area contributed by atoms with Crippen molar-refractivity contribution < 1.29 is 9.47 Å². The number of benzene rings is 3. The zero-order chi connectivity index (χ0) is 26.4. The predicted molar refractivity (Wildman–Crippen MR) is 158 cm³/mol.